The first kappa shape index (κ1) is 15.0. The van der Waals surface area contributed by atoms with E-state index < -0.39 is 0 Å². The summed E-state index contributed by atoms with van der Waals surface area (Å²) in [4.78, 5) is 18.1. The van der Waals surface area contributed by atoms with Crippen molar-refractivity contribution < 1.29 is 9.53 Å². The molecule has 2 saturated heterocycles. The minimum Gasteiger partial charge on any atom is -0.375 e. The third kappa shape index (κ3) is 2.87. The fourth-order valence-electron chi connectivity index (χ4n) is 3.46. The van der Waals surface area contributed by atoms with E-state index in [9.17, 15) is 4.79 Å². The molecule has 0 saturated carbocycles. The second-order valence-electron chi connectivity index (χ2n) is 6.28. The minimum atomic E-state index is 0.190. The van der Waals surface area contributed by atoms with Gasteiger partial charge in [-0.2, -0.15) is 0 Å². The van der Waals surface area contributed by atoms with Crippen LogP contribution in [0.25, 0.3) is 0 Å². The molecule has 3 rings (SSSR count). The summed E-state index contributed by atoms with van der Waals surface area (Å²) < 4.78 is 5.93. The number of rotatable bonds is 2. The molecule has 1 aromatic heterocycles. The number of thiophene rings is 1. The molecule has 116 valence electrons. The van der Waals surface area contributed by atoms with E-state index in [1.165, 1.54) is 0 Å². The first-order chi connectivity index (χ1) is 10.1. The van der Waals surface area contributed by atoms with Crippen LogP contribution in [-0.4, -0.2) is 60.1 Å². The lowest BCUT2D eigenvalue weighted by Gasteiger charge is -2.48. The first-order valence-electron chi connectivity index (χ1n) is 7.78. The summed E-state index contributed by atoms with van der Waals surface area (Å²) in [6.07, 6.45) is 1.24. The zero-order valence-electron chi connectivity index (χ0n) is 13.0. The highest BCUT2D eigenvalue weighted by molar-refractivity contribution is 7.12. The van der Waals surface area contributed by atoms with Crippen LogP contribution in [0, 0.1) is 6.92 Å². The first-order valence-corrected chi connectivity index (χ1v) is 8.66. The van der Waals surface area contributed by atoms with Crippen molar-refractivity contribution in [3.63, 3.8) is 0 Å². The molecule has 0 unspecified atom stereocenters. The minimum absolute atomic E-state index is 0.190. The highest BCUT2D eigenvalue weighted by Gasteiger charge is 2.39. The molecule has 2 aliphatic heterocycles. The van der Waals surface area contributed by atoms with Crippen LogP contribution in [0.4, 0.5) is 0 Å². The molecule has 0 aliphatic carbocycles. The van der Waals surface area contributed by atoms with E-state index in [1.807, 2.05) is 23.3 Å². The molecule has 0 aromatic carbocycles. The van der Waals surface area contributed by atoms with E-state index in [0.717, 1.165) is 43.1 Å². The Morgan fingerprint density at radius 2 is 2.24 bits per heavy atom. The quantitative estimate of drug-likeness (QED) is 0.841. The number of hydrogen-bond acceptors (Lipinski definition) is 4. The van der Waals surface area contributed by atoms with Gasteiger partial charge in [-0.15, -0.1) is 11.3 Å². The van der Waals surface area contributed by atoms with Gasteiger partial charge in [0.05, 0.1) is 23.6 Å². The number of piperidine rings is 1. The van der Waals surface area contributed by atoms with E-state index in [1.54, 1.807) is 11.3 Å². The second-order valence-corrected chi connectivity index (χ2v) is 7.20. The van der Waals surface area contributed by atoms with Gasteiger partial charge in [-0.3, -0.25) is 9.69 Å². The Bertz CT molecular complexity index is 514. The number of carbonyl (C=O) groups excluding carboxylic acids is 1. The zero-order valence-corrected chi connectivity index (χ0v) is 13.9. The molecule has 0 bridgehead atoms. The Balaban J connectivity index is 1.75. The molecular weight excluding hydrogens is 284 g/mol. The molecule has 2 aliphatic rings. The smallest absolute Gasteiger partial charge is 0.264 e. The number of aryl methyl sites for hydroxylation is 1. The Kier molecular flexibility index (Phi) is 4.33. The molecule has 1 aromatic rings. The van der Waals surface area contributed by atoms with E-state index >= 15 is 0 Å². The van der Waals surface area contributed by atoms with Crippen molar-refractivity contribution in [1.29, 1.82) is 0 Å². The Hall–Kier alpha value is -0.910. The van der Waals surface area contributed by atoms with Crippen LogP contribution in [0.1, 0.15) is 35.5 Å². The fraction of sp³-hybridized carbons (Fsp3) is 0.688. The van der Waals surface area contributed by atoms with E-state index in [0.29, 0.717) is 12.1 Å². The van der Waals surface area contributed by atoms with Gasteiger partial charge < -0.3 is 9.64 Å². The average Bonchev–Trinajstić information content (AvgIpc) is 2.91. The number of likely N-dealkylation sites (tertiary alicyclic amines) is 1. The van der Waals surface area contributed by atoms with Gasteiger partial charge in [-0.1, -0.05) is 0 Å². The van der Waals surface area contributed by atoms with Crippen LogP contribution in [0.5, 0.6) is 0 Å². The van der Waals surface area contributed by atoms with Gasteiger partial charge in [-0.25, -0.2) is 0 Å². The molecule has 2 atom stereocenters. The van der Waals surface area contributed by atoms with Crippen molar-refractivity contribution in [2.45, 2.75) is 45.4 Å². The maximum atomic E-state index is 12.7. The lowest BCUT2D eigenvalue weighted by atomic mass is 9.97. The summed E-state index contributed by atoms with van der Waals surface area (Å²) in [6, 6.07) is 2.87. The number of hydrogen-bond donors (Lipinski definition) is 0. The second kappa shape index (κ2) is 6.07. The predicted molar refractivity (Wildman–Crippen MR) is 84.9 cm³/mol. The van der Waals surface area contributed by atoms with Crippen molar-refractivity contribution in [3.8, 4) is 0 Å². The number of morpholine rings is 1. The van der Waals surface area contributed by atoms with Crippen molar-refractivity contribution in [2.75, 3.05) is 26.2 Å². The standard InChI is InChI=1S/C16H24N2O2S/c1-11(2)18-7-8-20-14-4-6-17(10-13(14)18)16(19)15-12(3)5-9-21-15/h5,9,11,13-14H,4,6-8,10H2,1-3H3/t13-,14-/m1/s1. The van der Waals surface area contributed by atoms with Crippen LogP contribution in [0.2, 0.25) is 0 Å². The van der Waals surface area contributed by atoms with Crippen LogP contribution in [0.15, 0.2) is 11.4 Å². The van der Waals surface area contributed by atoms with Crippen molar-refractivity contribution in [2.24, 2.45) is 0 Å². The van der Waals surface area contributed by atoms with E-state index in [-0.39, 0.29) is 12.0 Å². The zero-order chi connectivity index (χ0) is 15.0. The number of ether oxygens (including phenoxy) is 1. The largest absolute Gasteiger partial charge is 0.375 e. The van der Waals surface area contributed by atoms with Gasteiger partial charge >= 0.3 is 0 Å². The summed E-state index contributed by atoms with van der Waals surface area (Å²) in [5.74, 6) is 0.190. The van der Waals surface area contributed by atoms with Gasteiger partial charge in [0.25, 0.3) is 5.91 Å². The normalized spacial score (nSPS) is 27.0. The van der Waals surface area contributed by atoms with Crippen LogP contribution >= 0.6 is 11.3 Å². The lowest BCUT2D eigenvalue weighted by Crippen LogP contribution is -2.62. The maximum Gasteiger partial charge on any atom is 0.264 e. The fourth-order valence-corrected chi connectivity index (χ4v) is 4.35. The third-order valence-corrected chi connectivity index (χ3v) is 5.64. The molecule has 3 heterocycles. The number of fused-ring (bicyclic) bond motifs is 1. The molecule has 21 heavy (non-hydrogen) atoms. The summed E-state index contributed by atoms with van der Waals surface area (Å²) >= 11 is 1.55. The molecule has 5 heteroatoms. The van der Waals surface area contributed by atoms with Crippen LogP contribution in [0.3, 0.4) is 0 Å². The van der Waals surface area contributed by atoms with Gasteiger partial charge in [0.2, 0.25) is 0 Å². The summed E-state index contributed by atoms with van der Waals surface area (Å²) in [5.41, 5.74) is 1.09. The molecule has 0 N–H and O–H groups in total. The van der Waals surface area contributed by atoms with E-state index in [2.05, 4.69) is 18.7 Å². The van der Waals surface area contributed by atoms with Crippen molar-refractivity contribution in [1.82, 2.24) is 9.80 Å². The Morgan fingerprint density at radius 3 is 2.90 bits per heavy atom. The summed E-state index contributed by atoms with van der Waals surface area (Å²) in [6.45, 7) is 9.86. The topological polar surface area (TPSA) is 32.8 Å². The van der Waals surface area contributed by atoms with Crippen molar-refractivity contribution in [3.05, 3.63) is 21.9 Å². The third-order valence-electron chi connectivity index (χ3n) is 4.63. The average molecular weight is 308 g/mol. The molecule has 0 spiro atoms. The maximum absolute atomic E-state index is 12.7. The number of carbonyl (C=O) groups is 1. The highest BCUT2D eigenvalue weighted by atomic mass is 32.1. The predicted octanol–water partition coefficient (Wildman–Crippen LogP) is 2.38. The Morgan fingerprint density at radius 1 is 1.43 bits per heavy atom. The van der Waals surface area contributed by atoms with Gasteiger partial charge in [0.15, 0.2) is 0 Å². The monoisotopic (exact) mass is 308 g/mol. The van der Waals surface area contributed by atoms with Crippen LogP contribution in [-0.2, 0) is 4.74 Å². The summed E-state index contributed by atoms with van der Waals surface area (Å²) in [7, 11) is 0. The number of nitrogens with zero attached hydrogens (tertiary/aromatic N) is 2. The molecule has 2 fully saturated rings. The van der Waals surface area contributed by atoms with Gasteiger partial charge in [0.1, 0.15) is 0 Å². The Labute approximate surface area is 130 Å². The number of amides is 1. The molecule has 0 radical (unpaired) electrons. The van der Waals surface area contributed by atoms with Gasteiger partial charge in [-0.05, 0) is 44.2 Å². The highest BCUT2D eigenvalue weighted by Crippen LogP contribution is 2.27. The molecule has 4 nitrogen and oxygen atoms in total. The van der Waals surface area contributed by atoms with Crippen LogP contribution < -0.4 is 0 Å². The lowest BCUT2D eigenvalue weighted by molar-refractivity contribution is -0.107. The molecule has 1 amide bonds. The summed E-state index contributed by atoms with van der Waals surface area (Å²) in [5, 5.41) is 2.00. The van der Waals surface area contributed by atoms with Crippen molar-refractivity contribution >= 4 is 17.2 Å². The SMILES string of the molecule is Cc1ccsc1C(=O)N1CC[C@H]2OCCN(C(C)C)[C@@H]2C1. The van der Waals surface area contributed by atoms with Gasteiger partial charge in [0, 0.05) is 25.7 Å². The van der Waals surface area contributed by atoms with E-state index in [4.69, 9.17) is 4.74 Å². The molecular formula is C16H24N2O2S.